The lowest BCUT2D eigenvalue weighted by Crippen LogP contribution is -2.24. The van der Waals surface area contributed by atoms with Gasteiger partial charge in [-0.2, -0.15) is 0 Å². The third kappa shape index (κ3) is 2.53. The number of rotatable bonds is 1. The number of carbonyl (C=O) groups is 1. The quantitative estimate of drug-likeness (QED) is 0.772. The van der Waals surface area contributed by atoms with Gasteiger partial charge in [-0.3, -0.25) is 9.79 Å². The molecule has 2 aromatic carbocycles. The number of amides is 1. The van der Waals surface area contributed by atoms with Crippen molar-refractivity contribution in [2.45, 2.75) is 6.42 Å². The van der Waals surface area contributed by atoms with Crippen LogP contribution in [0.25, 0.3) is 0 Å². The van der Waals surface area contributed by atoms with Gasteiger partial charge in [0.25, 0.3) is 0 Å². The minimum absolute atomic E-state index is 0.0108. The highest BCUT2D eigenvalue weighted by Crippen LogP contribution is 2.27. The first-order valence-electron chi connectivity index (χ1n) is 5.95. The highest BCUT2D eigenvalue weighted by molar-refractivity contribution is 14.1. The maximum Gasteiger partial charge on any atom is 0.230 e. The van der Waals surface area contributed by atoms with Crippen LogP contribution in [0.15, 0.2) is 53.5 Å². The van der Waals surface area contributed by atoms with Crippen LogP contribution in [0.5, 0.6) is 0 Å². The maximum absolute atomic E-state index is 11.7. The first kappa shape index (κ1) is 12.3. The number of aliphatic imine (C=N–C) groups is 1. The molecular formula is C15H11IN2O. The van der Waals surface area contributed by atoms with Crippen LogP contribution in [0.1, 0.15) is 12.0 Å². The van der Waals surface area contributed by atoms with E-state index in [2.05, 4.69) is 32.9 Å². The molecule has 0 aromatic heterocycles. The molecule has 3 rings (SSSR count). The van der Waals surface area contributed by atoms with E-state index in [-0.39, 0.29) is 5.91 Å². The molecule has 4 heteroatoms. The Bertz CT molecular complexity index is 679. The van der Waals surface area contributed by atoms with Crippen molar-refractivity contribution in [3.8, 4) is 0 Å². The Labute approximate surface area is 124 Å². The molecule has 2 aromatic rings. The zero-order valence-electron chi connectivity index (χ0n) is 10.1. The van der Waals surface area contributed by atoms with Crippen LogP contribution in [-0.2, 0) is 4.79 Å². The van der Waals surface area contributed by atoms with Crippen LogP contribution in [0.3, 0.4) is 0 Å². The Morgan fingerprint density at radius 1 is 1.05 bits per heavy atom. The van der Waals surface area contributed by atoms with Crippen LogP contribution < -0.4 is 5.32 Å². The Hall–Kier alpha value is -1.69. The second-order valence-corrected chi connectivity index (χ2v) is 5.44. The normalized spacial score (nSPS) is 16.1. The minimum Gasteiger partial charge on any atom is -0.325 e. The lowest BCUT2D eigenvalue weighted by molar-refractivity contribution is -0.115. The molecule has 0 spiro atoms. The summed E-state index contributed by atoms with van der Waals surface area (Å²) >= 11 is 2.25. The molecule has 0 atom stereocenters. The molecule has 1 N–H and O–H groups in total. The summed E-state index contributed by atoms with van der Waals surface area (Å²) in [7, 11) is 0. The zero-order valence-corrected chi connectivity index (χ0v) is 12.2. The minimum atomic E-state index is -0.0108. The summed E-state index contributed by atoms with van der Waals surface area (Å²) in [5.41, 5.74) is 3.57. The number of halogens is 1. The van der Waals surface area contributed by atoms with Gasteiger partial charge in [-0.25, -0.2) is 0 Å². The molecule has 0 saturated carbocycles. The fourth-order valence-electron chi connectivity index (χ4n) is 2.07. The molecule has 94 valence electrons. The number of hydrogen-bond acceptors (Lipinski definition) is 2. The van der Waals surface area contributed by atoms with Crippen molar-refractivity contribution in [3.63, 3.8) is 0 Å². The number of anilines is 1. The van der Waals surface area contributed by atoms with E-state index in [0.717, 1.165) is 26.2 Å². The van der Waals surface area contributed by atoms with Gasteiger partial charge in [0, 0.05) is 14.8 Å². The van der Waals surface area contributed by atoms with Gasteiger partial charge in [-0.05, 0) is 40.8 Å². The number of benzene rings is 2. The second-order valence-electron chi connectivity index (χ2n) is 4.28. The Kier molecular flexibility index (Phi) is 3.33. The van der Waals surface area contributed by atoms with E-state index < -0.39 is 0 Å². The van der Waals surface area contributed by atoms with E-state index >= 15 is 0 Å². The van der Waals surface area contributed by atoms with Gasteiger partial charge < -0.3 is 5.32 Å². The number of nitrogens with one attached hydrogen (secondary N) is 1. The van der Waals surface area contributed by atoms with Crippen LogP contribution in [0, 0.1) is 3.57 Å². The van der Waals surface area contributed by atoms with Crippen LogP contribution in [-0.4, -0.2) is 11.6 Å². The topological polar surface area (TPSA) is 41.5 Å². The molecule has 1 aliphatic rings. The van der Waals surface area contributed by atoms with E-state index in [1.165, 1.54) is 0 Å². The fraction of sp³-hybridized carbons (Fsp3) is 0.0667. The van der Waals surface area contributed by atoms with Crippen LogP contribution in [0.2, 0.25) is 0 Å². The second kappa shape index (κ2) is 5.13. The molecule has 0 radical (unpaired) electrons. The average Bonchev–Trinajstić information content (AvgIpc) is 2.41. The molecule has 1 amide bonds. The molecule has 1 aliphatic heterocycles. The number of para-hydroxylation sites is 2. The van der Waals surface area contributed by atoms with E-state index in [1.807, 2.05) is 48.5 Å². The lowest BCUT2D eigenvalue weighted by atomic mass is 10.0. The van der Waals surface area contributed by atoms with E-state index in [0.29, 0.717) is 6.42 Å². The number of carbonyl (C=O) groups excluding carboxylic acids is 1. The average molecular weight is 362 g/mol. The molecule has 1 heterocycles. The van der Waals surface area contributed by atoms with Gasteiger partial charge in [0.1, 0.15) is 0 Å². The first-order chi connectivity index (χ1) is 9.24. The summed E-state index contributed by atoms with van der Waals surface area (Å²) in [5.74, 6) is -0.0108. The standard InChI is InChI=1S/C15H11IN2O/c16-11-6-2-4-8-13(11)17-14-9-15(19)18-12-7-3-1-5-10(12)14/h1-8H,9H2,(H,18,19). The van der Waals surface area contributed by atoms with Crippen molar-refractivity contribution in [2.24, 2.45) is 4.99 Å². The van der Waals surface area contributed by atoms with Gasteiger partial charge >= 0.3 is 0 Å². The van der Waals surface area contributed by atoms with Gasteiger partial charge in [-0.1, -0.05) is 30.3 Å². The largest absolute Gasteiger partial charge is 0.325 e. The predicted octanol–water partition coefficient (Wildman–Crippen LogP) is 3.75. The summed E-state index contributed by atoms with van der Waals surface area (Å²) in [5, 5.41) is 2.87. The number of fused-ring (bicyclic) bond motifs is 1. The summed E-state index contributed by atoms with van der Waals surface area (Å²) in [6, 6.07) is 15.7. The van der Waals surface area contributed by atoms with Crippen LogP contribution in [0.4, 0.5) is 11.4 Å². The van der Waals surface area contributed by atoms with Gasteiger partial charge in [0.05, 0.1) is 17.8 Å². The smallest absolute Gasteiger partial charge is 0.230 e. The summed E-state index contributed by atoms with van der Waals surface area (Å²) < 4.78 is 1.08. The predicted molar refractivity (Wildman–Crippen MR) is 85.0 cm³/mol. The van der Waals surface area contributed by atoms with Crippen molar-refractivity contribution < 1.29 is 4.79 Å². The first-order valence-corrected chi connectivity index (χ1v) is 7.03. The van der Waals surface area contributed by atoms with Crippen molar-refractivity contribution in [1.82, 2.24) is 0 Å². The Morgan fingerprint density at radius 2 is 1.79 bits per heavy atom. The highest BCUT2D eigenvalue weighted by Gasteiger charge is 2.20. The van der Waals surface area contributed by atoms with Gasteiger partial charge in [0.2, 0.25) is 5.91 Å². The number of nitrogens with zero attached hydrogens (tertiary/aromatic N) is 1. The molecule has 0 aliphatic carbocycles. The molecule has 0 bridgehead atoms. The molecule has 19 heavy (non-hydrogen) atoms. The van der Waals surface area contributed by atoms with Crippen molar-refractivity contribution in [2.75, 3.05) is 5.32 Å². The molecular weight excluding hydrogens is 351 g/mol. The van der Waals surface area contributed by atoms with Gasteiger partial charge in [-0.15, -0.1) is 0 Å². The van der Waals surface area contributed by atoms with Crippen molar-refractivity contribution in [1.29, 1.82) is 0 Å². The lowest BCUT2D eigenvalue weighted by Gasteiger charge is -2.18. The van der Waals surface area contributed by atoms with Crippen LogP contribution >= 0.6 is 22.6 Å². The molecule has 0 fully saturated rings. The maximum atomic E-state index is 11.7. The summed E-state index contributed by atoms with van der Waals surface area (Å²) in [6.45, 7) is 0. The van der Waals surface area contributed by atoms with Gasteiger partial charge in [0.15, 0.2) is 0 Å². The Morgan fingerprint density at radius 3 is 2.63 bits per heavy atom. The number of hydrogen-bond donors (Lipinski definition) is 1. The summed E-state index contributed by atoms with van der Waals surface area (Å²) in [4.78, 5) is 16.4. The molecule has 0 unspecified atom stereocenters. The SMILES string of the molecule is O=C1CC(=Nc2ccccc2I)c2ccccc2N1. The monoisotopic (exact) mass is 362 g/mol. The summed E-state index contributed by atoms with van der Waals surface area (Å²) in [6.07, 6.45) is 0.321. The third-order valence-electron chi connectivity index (χ3n) is 2.95. The zero-order chi connectivity index (χ0) is 13.2. The Balaban J connectivity index is 2.11. The third-order valence-corrected chi connectivity index (χ3v) is 3.86. The van der Waals surface area contributed by atoms with Crippen molar-refractivity contribution in [3.05, 3.63) is 57.7 Å². The van der Waals surface area contributed by atoms with E-state index in [1.54, 1.807) is 0 Å². The highest BCUT2D eigenvalue weighted by atomic mass is 127. The van der Waals surface area contributed by atoms with Crippen molar-refractivity contribution >= 4 is 45.6 Å². The molecule has 0 saturated heterocycles. The molecule has 3 nitrogen and oxygen atoms in total. The van der Waals surface area contributed by atoms with E-state index in [4.69, 9.17) is 0 Å². The van der Waals surface area contributed by atoms with E-state index in [9.17, 15) is 4.79 Å². The fourth-order valence-corrected chi connectivity index (χ4v) is 2.58.